The Labute approximate surface area is 128 Å². The van der Waals surface area contributed by atoms with E-state index in [0.29, 0.717) is 13.0 Å². The average molecular weight is 326 g/mol. The van der Waals surface area contributed by atoms with E-state index in [-0.39, 0.29) is 12.6 Å². The molecule has 0 saturated carbocycles. The molecule has 8 heteroatoms. The van der Waals surface area contributed by atoms with Gasteiger partial charge in [-0.1, -0.05) is 0 Å². The molecule has 0 aliphatic carbocycles. The first-order chi connectivity index (χ1) is 10.0. The van der Waals surface area contributed by atoms with E-state index < -0.39 is 30.5 Å². The van der Waals surface area contributed by atoms with Gasteiger partial charge in [-0.15, -0.1) is 0 Å². The van der Waals surface area contributed by atoms with Crippen molar-refractivity contribution < 1.29 is 27.8 Å². The van der Waals surface area contributed by atoms with Crippen molar-refractivity contribution in [2.24, 2.45) is 0 Å². The van der Waals surface area contributed by atoms with Crippen LogP contribution in [0.2, 0.25) is 0 Å². The van der Waals surface area contributed by atoms with Crippen LogP contribution in [0, 0.1) is 0 Å². The van der Waals surface area contributed by atoms with E-state index in [1.807, 2.05) is 0 Å². The third-order valence-corrected chi connectivity index (χ3v) is 3.35. The number of ether oxygens (including phenoxy) is 1. The molecule has 1 heterocycles. The van der Waals surface area contributed by atoms with Crippen molar-refractivity contribution in [3.8, 4) is 0 Å². The monoisotopic (exact) mass is 326 g/mol. The Balaban J connectivity index is 2.50. The fraction of sp³-hybridized carbons (Fsp3) is 0.929. The Morgan fingerprint density at radius 2 is 2.00 bits per heavy atom. The van der Waals surface area contributed by atoms with Crippen LogP contribution in [-0.4, -0.2) is 59.7 Å². The summed E-state index contributed by atoms with van der Waals surface area (Å²) < 4.78 is 42.0. The van der Waals surface area contributed by atoms with E-state index in [0.717, 1.165) is 12.8 Å². The lowest BCUT2D eigenvalue weighted by Crippen LogP contribution is -2.51. The van der Waals surface area contributed by atoms with Gasteiger partial charge in [0, 0.05) is 25.7 Å². The van der Waals surface area contributed by atoms with E-state index in [1.165, 1.54) is 0 Å². The normalized spacial score (nSPS) is 21.6. The topological polar surface area (TPSA) is 61.8 Å². The zero-order valence-corrected chi connectivity index (χ0v) is 13.2. The molecule has 0 aromatic heterocycles. The minimum Gasteiger partial charge on any atom is -0.444 e. The van der Waals surface area contributed by atoms with Crippen LogP contribution in [0.3, 0.4) is 0 Å². The summed E-state index contributed by atoms with van der Waals surface area (Å²) in [5, 5.41) is 11.5. The van der Waals surface area contributed by atoms with Gasteiger partial charge in [0.05, 0.1) is 0 Å². The molecule has 0 bridgehead atoms. The number of carbonyl (C=O) groups is 1. The second-order valence-electron chi connectivity index (χ2n) is 6.54. The standard InChI is InChI=1S/C14H25F3N2O3/c1-13(2,3)22-12(21)19-7-5-4-6-10(19)8-18-9-11(20)14(15,16)17/h10-11,18,20H,4-9H2,1-3H3. The maximum atomic E-state index is 12.2. The van der Waals surface area contributed by atoms with Gasteiger partial charge in [0.2, 0.25) is 0 Å². The smallest absolute Gasteiger partial charge is 0.415 e. The molecule has 2 N–H and O–H groups in total. The zero-order valence-electron chi connectivity index (χ0n) is 13.2. The molecule has 130 valence electrons. The van der Waals surface area contributed by atoms with Crippen LogP contribution in [0.5, 0.6) is 0 Å². The molecule has 1 aliphatic heterocycles. The highest BCUT2D eigenvalue weighted by Gasteiger charge is 2.38. The van der Waals surface area contributed by atoms with Gasteiger partial charge in [-0.2, -0.15) is 13.2 Å². The molecule has 1 aliphatic rings. The van der Waals surface area contributed by atoms with Gasteiger partial charge in [0.1, 0.15) is 5.60 Å². The van der Waals surface area contributed by atoms with Crippen LogP contribution in [0.4, 0.5) is 18.0 Å². The number of nitrogens with one attached hydrogen (secondary N) is 1. The molecule has 22 heavy (non-hydrogen) atoms. The first-order valence-corrected chi connectivity index (χ1v) is 7.46. The lowest BCUT2D eigenvalue weighted by Gasteiger charge is -2.37. The first-order valence-electron chi connectivity index (χ1n) is 7.46. The number of halogens is 3. The van der Waals surface area contributed by atoms with E-state index in [9.17, 15) is 18.0 Å². The fourth-order valence-corrected chi connectivity index (χ4v) is 2.28. The van der Waals surface area contributed by atoms with Gasteiger partial charge >= 0.3 is 12.3 Å². The second kappa shape index (κ2) is 7.50. The van der Waals surface area contributed by atoms with Gasteiger partial charge in [-0.25, -0.2) is 4.79 Å². The van der Waals surface area contributed by atoms with Crippen LogP contribution < -0.4 is 5.32 Å². The van der Waals surface area contributed by atoms with Crippen molar-refractivity contribution in [1.29, 1.82) is 0 Å². The molecular weight excluding hydrogens is 301 g/mol. The number of likely N-dealkylation sites (tertiary alicyclic amines) is 1. The minimum absolute atomic E-state index is 0.201. The number of amides is 1. The molecule has 0 spiro atoms. The number of nitrogens with zero attached hydrogens (tertiary/aromatic N) is 1. The number of carbonyl (C=O) groups excluding carboxylic acids is 1. The molecule has 1 amide bonds. The molecule has 1 rings (SSSR count). The molecule has 0 aromatic rings. The van der Waals surface area contributed by atoms with Crippen molar-refractivity contribution >= 4 is 6.09 Å². The Hall–Kier alpha value is -1.02. The highest BCUT2D eigenvalue weighted by atomic mass is 19.4. The van der Waals surface area contributed by atoms with E-state index in [1.54, 1.807) is 25.7 Å². The molecule has 2 atom stereocenters. The molecule has 0 radical (unpaired) electrons. The van der Waals surface area contributed by atoms with E-state index in [4.69, 9.17) is 9.84 Å². The van der Waals surface area contributed by atoms with Crippen LogP contribution in [0.1, 0.15) is 40.0 Å². The predicted octanol–water partition coefficient (Wildman–Crippen LogP) is 2.29. The summed E-state index contributed by atoms with van der Waals surface area (Å²) in [6, 6.07) is -0.218. The molecule has 1 fully saturated rings. The lowest BCUT2D eigenvalue weighted by molar-refractivity contribution is -0.201. The summed E-state index contributed by atoms with van der Waals surface area (Å²) in [4.78, 5) is 13.7. The second-order valence-corrected chi connectivity index (χ2v) is 6.54. The van der Waals surface area contributed by atoms with Crippen molar-refractivity contribution in [2.75, 3.05) is 19.6 Å². The van der Waals surface area contributed by atoms with Gasteiger partial charge in [-0.3, -0.25) is 0 Å². The van der Waals surface area contributed by atoms with Gasteiger partial charge < -0.3 is 20.1 Å². The number of rotatable bonds is 4. The molecular formula is C14H25F3N2O3. The Bertz CT molecular complexity index is 369. The van der Waals surface area contributed by atoms with E-state index in [2.05, 4.69) is 5.32 Å². The van der Waals surface area contributed by atoms with Crippen molar-refractivity contribution in [3.63, 3.8) is 0 Å². The predicted molar refractivity (Wildman–Crippen MR) is 75.5 cm³/mol. The summed E-state index contributed by atoms with van der Waals surface area (Å²) >= 11 is 0. The summed E-state index contributed by atoms with van der Waals surface area (Å²) in [5.41, 5.74) is -0.612. The Morgan fingerprint density at radius 1 is 1.36 bits per heavy atom. The maximum absolute atomic E-state index is 12.2. The maximum Gasteiger partial charge on any atom is 0.415 e. The summed E-state index contributed by atoms with van der Waals surface area (Å²) in [5.74, 6) is 0. The van der Waals surface area contributed by atoms with E-state index >= 15 is 0 Å². The number of alkyl halides is 3. The lowest BCUT2D eigenvalue weighted by atomic mass is 10.0. The number of hydrogen-bond acceptors (Lipinski definition) is 4. The third-order valence-electron chi connectivity index (χ3n) is 3.35. The molecule has 5 nitrogen and oxygen atoms in total. The van der Waals surface area contributed by atoms with Crippen LogP contribution in [-0.2, 0) is 4.74 Å². The number of hydrogen-bond donors (Lipinski definition) is 2. The minimum atomic E-state index is -4.63. The number of aliphatic hydroxyl groups excluding tert-OH is 1. The molecule has 2 unspecified atom stereocenters. The van der Waals surface area contributed by atoms with Crippen molar-refractivity contribution in [2.45, 2.75) is 64.0 Å². The third kappa shape index (κ3) is 6.39. The highest BCUT2D eigenvalue weighted by Crippen LogP contribution is 2.21. The molecule has 1 saturated heterocycles. The van der Waals surface area contributed by atoms with Crippen LogP contribution in [0.25, 0.3) is 0 Å². The quantitative estimate of drug-likeness (QED) is 0.832. The largest absolute Gasteiger partial charge is 0.444 e. The number of piperidine rings is 1. The van der Waals surface area contributed by atoms with Crippen LogP contribution in [0.15, 0.2) is 0 Å². The zero-order chi connectivity index (χ0) is 17.0. The Morgan fingerprint density at radius 3 is 2.55 bits per heavy atom. The summed E-state index contributed by atoms with van der Waals surface area (Å²) in [7, 11) is 0. The van der Waals surface area contributed by atoms with Gasteiger partial charge in [-0.05, 0) is 40.0 Å². The number of aliphatic hydroxyl groups is 1. The summed E-state index contributed by atoms with van der Waals surface area (Å²) in [6.07, 6.45) is -5.02. The average Bonchev–Trinajstić information content (AvgIpc) is 2.36. The SMILES string of the molecule is CC(C)(C)OC(=O)N1CCCCC1CNCC(O)C(F)(F)F. The first kappa shape index (κ1) is 19.0. The Kier molecular flexibility index (Phi) is 6.49. The molecule has 0 aromatic carbocycles. The van der Waals surface area contributed by atoms with Crippen molar-refractivity contribution in [1.82, 2.24) is 10.2 Å². The summed E-state index contributed by atoms with van der Waals surface area (Å²) in [6.45, 7) is 5.45. The van der Waals surface area contributed by atoms with Gasteiger partial charge in [0.15, 0.2) is 6.10 Å². The van der Waals surface area contributed by atoms with Gasteiger partial charge in [0.25, 0.3) is 0 Å². The van der Waals surface area contributed by atoms with Crippen molar-refractivity contribution in [3.05, 3.63) is 0 Å². The highest BCUT2D eigenvalue weighted by molar-refractivity contribution is 5.68. The van der Waals surface area contributed by atoms with Crippen LogP contribution >= 0.6 is 0 Å². The fourth-order valence-electron chi connectivity index (χ4n) is 2.28.